The number of hydrogen-bond acceptors (Lipinski definition) is 5. The van der Waals surface area contributed by atoms with E-state index in [2.05, 4.69) is 34.9 Å². The average molecular weight is 479 g/mol. The van der Waals surface area contributed by atoms with Crippen molar-refractivity contribution in [3.63, 3.8) is 0 Å². The first-order valence-corrected chi connectivity index (χ1v) is 12.1. The number of hydrogen-bond donors (Lipinski definition) is 4. The first-order chi connectivity index (χ1) is 16.9. The zero-order valence-electron chi connectivity index (χ0n) is 19.5. The number of rotatable bonds is 9. The second-order valence-electron chi connectivity index (χ2n) is 9.97. The van der Waals surface area contributed by atoms with Gasteiger partial charge in [0, 0.05) is 25.4 Å². The highest BCUT2D eigenvalue weighted by atomic mass is 16.5. The fourth-order valence-corrected chi connectivity index (χ4v) is 5.93. The minimum absolute atomic E-state index is 0.0371. The summed E-state index contributed by atoms with van der Waals surface area (Å²) in [5.41, 5.74) is 3.79. The highest BCUT2D eigenvalue weighted by molar-refractivity contribution is 5.88. The predicted octanol–water partition coefficient (Wildman–Crippen LogP) is 3.04. The molecule has 2 fully saturated rings. The van der Waals surface area contributed by atoms with Crippen LogP contribution in [0.15, 0.2) is 48.5 Å². The Kier molecular flexibility index (Phi) is 6.01. The summed E-state index contributed by atoms with van der Waals surface area (Å²) in [7, 11) is 0. The Balaban J connectivity index is 1.18. The van der Waals surface area contributed by atoms with Crippen LogP contribution in [0.2, 0.25) is 0 Å². The van der Waals surface area contributed by atoms with Crippen molar-refractivity contribution < 1.29 is 29.3 Å². The van der Waals surface area contributed by atoms with Gasteiger partial charge in [0.15, 0.2) is 6.10 Å². The minimum atomic E-state index is -1.51. The molecule has 184 valence electrons. The number of amides is 2. The lowest BCUT2D eigenvalue weighted by Crippen LogP contribution is -2.45. The Bertz CT molecular complexity index is 1110. The number of nitrogens with one attached hydrogen (secondary N) is 2. The van der Waals surface area contributed by atoms with Gasteiger partial charge in [0.2, 0.25) is 5.91 Å². The molecule has 2 unspecified atom stereocenters. The number of aliphatic hydroxyl groups is 1. The molecule has 8 heteroatoms. The summed E-state index contributed by atoms with van der Waals surface area (Å²) in [4.78, 5) is 36.5. The molecule has 0 aromatic heterocycles. The van der Waals surface area contributed by atoms with E-state index in [1.165, 1.54) is 0 Å². The van der Waals surface area contributed by atoms with Gasteiger partial charge in [-0.15, -0.1) is 0 Å². The Morgan fingerprint density at radius 2 is 1.63 bits per heavy atom. The highest BCUT2D eigenvalue weighted by Crippen LogP contribution is 2.73. The summed E-state index contributed by atoms with van der Waals surface area (Å²) < 4.78 is 5.62. The zero-order chi connectivity index (χ0) is 24.6. The molecule has 1 spiro atoms. The first kappa shape index (κ1) is 23.4. The van der Waals surface area contributed by atoms with E-state index < -0.39 is 23.6 Å². The fraction of sp³-hybridized carbons (Fsp3) is 0.444. The van der Waals surface area contributed by atoms with Crippen molar-refractivity contribution in [2.45, 2.75) is 44.1 Å². The lowest BCUT2D eigenvalue weighted by Gasteiger charge is -2.32. The largest absolute Gasteiger partial charge is 0.479 e. The van der Waals surface area contributed by atoms with Crippen LogP contribution in [0, 0.1) is 10.8 Å². The number of carbonyl (C=O) groups excluding carboxylic acids is 2. The van der Waals surface area contributed by atoms with Gasteiger partial charge in [-0.05, 0) is 46.9 Å². The van der Waals surface area contributed by atoms with E-state index in [0.29, 0.717) is 6.42 Å². The van der Waals surface area contributed by atoms with Gasteiger partial charge in [-0.3, -0.25) is 4.79 Å². The van der Waals surface area contributed by atoms with Crippen molar-refractivity contribution in [1.29, 1.82) is 0 Å². The van der Waals surface area contributed by atoms with Crippen molar-refractivity contribution in [1.82, 2.24) is 10.6 Å². The Hall–Kier alpha value is -3.39. The lowest BCUT2D eigenvalue weighted by atomic mass is 9.74. The van der Waals surface area contributed by atoms with Crippen LogP contribution in [0.3, 0.4) is 0 Å². The third kappa shape index (κ3) is 4.05. The summed E-state index contributed by atoms with van der Waals surface area (Å²) in [6, 6.07) is 16.3. The molecule has 4 N–H and O–H groups in total. The smallest absolute Gasteiger partial charge is 0.407 e. The van der Waals surface area contributed by atoms with Crippen LogP contribution in [0.1, 0.15) is 49.1 Å². The minimum Gasteiger partial charge on any atom is -0.479 e. The van der Waals surface area contributed by atoms with E-state index in [1.54, 1.807) is 0 Å². The van der Waals surface area contributed by atoms with Crippen LogP contribution in [0.4, 0.5) is 4.79 Å². The molecule has 2 amide bonds. The van der Waals surface area contributed by atoms with Crippen molar-refractivity contribution in [3.8, 4) is 11.1 Å². The molecule has 3 aliphatic carbocycles. The number of aliphatic hydroxyl groups excluding tert-OH is 1. The van der Waals surface area contributed by atoms with Gasteiger partial charge >= 0.3 is 12.1 Å². The van der Waals surface area contributed by atoms with Gasteiger partial charge < -0.3 is 25.6 Å². The monoisotopic (exact) mass is 478 g/mol. The number of alkyl carbamates (subject to hydrolysis) is 1. The first-order valence-electron chi connectivity index (χ1n) is 12.1. The molecule has 0 bridgehead atoms. The predicted molar refractivity (Wildman–Crippen MR) is 128 cm³/mol. The summed E-state index contributed by atoms with van der Waals surface area (Å²) in [6.07, 6.45) is 1.48. The maximum Gasteiger partial charge on any atom is 0.407 e. The van der Waals surface area contributed by atoms with Gasteiger partial charge in [0.25, 0.3) is 0 Å². The Morgan fingerprint density at radius 3 is 2.17 bits per heavy atom. The van der Waals surface area contributed by atoms with E-state index in [4.69, 9.17) is 9.84 Å². The van der Waals surface area contributed by atoms with E-state index in [0.717, 1.165) is 41.5 Å². The molecule has 0 aliphatic heterocycles. The lowest BCUT2D eigenvalue weighted by molar-refractivity contribution is -0.147. The topological polar surface area (TPSA) is 125 Å². The molecule has 0 saturated heterocycles. The number of fused-ring (bicyclic) bond motifs is 3. The van der Waals surface area contributed by atoms with Crippen LogP contribution < -0.4 is 10.6 Å². The molecule has 2 saturated carbocycles. The summed E-state index contributed by atoms with van der Waals surface area (Å²) in [6.45, 7) is 0.448. The standard InChI is InChI=1S/C27H30N2O6/c30-22(23(31)32)10-13-28-24(33)27(15-26(27)11-5-12-26)16-29-25(34)35-14-21-19-8-3-1-6-17(19)18-7-2-4-9-20(18)21/h1-4,6-9,21-22,30H,5,10-16H2,(H,28,33)(H,29,34)(H,31,32). The Labute approximate surface area is 203 Å². The van der Waals surface area contributed by atoms with Crippen LogP contribution in [-0.2, 0) is 14.3 Å². The second-order valence-corrected chi connectivity index (χ2v) is 9.97. The molecule has 8 nitrogen and oxygen atoms in total. The summed E-state index contributed by atoms with van der Waals surface area (Å²) >= 11 is 0. The molecular weight excluding hydrogens is 448 g/mol. The number of benzene rings is 2. The van der Waals surface area contributed by atoms with Crippen LogP contribution >= 0.6 is 0 Å². The van der Waals surface area contributed by atoms with Crippen molar-refractivity contribution in [2.24, 2.45) is 10.8 Å². The highest BCUT2D eigenvalue weighted by Gasteiger charge is 2.73. The molecule has 2 atom stereocenters. The van der Waals surface area contributed by atoms with Gasteiger partial charge in [-0.25, -0.2) is 9.59 Å². The van der Waals surface area contributed by atoms with Crippen molar-refractivity contribution in [3.05, 3.63) is 59.7 Å². The maximum absolute atomic E-state index is 13.0. The molecule has 5 rings (SSSR count). The van der Waals surface area contributed by atoms with Gasteiger partial charge in [-0.2, -0.15) is 0 Å². The van der Waals surface area contributed by atoms with E-state index >= 15 is 0 Å². The van der Waals surface area contributed by atoms with E-state index in [-0.39, 0.29) is 43.4 Å². The fourth-order valence-electron chi connectivity index (χ4n) is 5.93. The maximum atomic E-state index is 13.0. The zero-order valence-corrected chi connectivity index (χ0v) is 19.5. The number of carbonyl (C=O) groups is 3. The normalized spacial score (nSPS) is 21.9. The summed E-state index contributed by atoms with van der Waals surface area (Å²) in [5.74, 6) is -1.55. The third-order valence-electron chi connectivity index (χ3n) is 8.14. The quantitative estimate of drug-likeness (QED) is 0.439. The molecule has 35 heavy (non-hydrogen) atoms. The van der Waals surface area contributed by atoms with Gasteiger partial charge in [0.1, 0.15) is 6.61 Å². The SMILES string of the molecule is O=C(NCC1(C(=O)NCCC(O)C(=O)O)CC12CCC2)OCC1c2ccccc2-c2ccccc21. The molecule has 0 heterocycles. The van der Waals surface area contributed by atoms with Crippen LogP contribution in [0.5, 0.6) is 0 Å². The third-order valence-corrected chi connectivity index (χ3v) is 8.14. The molecule has 2 aromatic carbocycles. The van der Waals surface area contributed by atoms with Gasteiger partial charge in [0.05, 0.1) is 5.41 Å². The van der Waals surface area contributed by atoms with E-state index in [1.807, 2.05) is 24.3 Å². The second kappa shape index (κ2) is 9.00. The van der Waals surface area contributed by atoms with Crippen molar-refractivity contribution >= 4 is 18.0 Å². The molecular formula is C27H30N2O6. The van der Waals surface area contributed by atoms with Crippen LogP contribution in [-0.4, -0.2) is 54.0 Å². The van der Waals surface area contributed by atoms with Crippen LogP contribution in [0.25, 0.3) is 11.1 Å². The van der Waals surface area contributed by atoms with Crippen molar-refractivity contribution in [2.75, 3.05) is 19.7 Å². The van der Waals surface area contributed by atoms with E-state index in [9.17, 15) is 19.5 Å². The van der Waals surface area contributed by atoms with Gasteiger partial charge in [-0.1, -0.05) is 55.0 Å². The number of ether oxygens (including phenoxy) is 1. The molecule has 0 radical (unpaired) electrons. The Morgan fingerprint density at radius 1 is 1.00 bits per heavy atom. The molecule has 2 aromatic rings. The average Bonchev–Trinajstić information content (AvgIpc) is 3.45. The summed E-state index contributed by atoms with van der Waals surface area (Å²) in [5, 5.41) is 23.8. The number of carboxylic acids is 1. The number of aliphatic carboxylic acids is 1. The molecule has 3 aliphatic rings. The number of carboxylic acid groups (broad SMARTS) is 1.